The van der Waals surface area contributed by atoms with E-state index in [0.29, 0.717) is 12.1 Å². The van der Waals surface area contributed by atoms with Gasteiger partial charge in [-0.2, -0.15) is 4.57 Å². The predicted octanol–water partition coefficient (Wildman–Crippen LogP) is 7.56. The Morgan fingerprint density at radius 2 is 1.25 bits per heavy atom. The molecule has 1 fully saturated rings. The molecule has 1 aliphatic rings. The molecule has 2 N–H and O–H groups in total. The molecule has 4 aromatic rings. The molecule has 1 saturated heterocycles. The van der Waals surface area contributed by atoms with Gasteiger partial charge in [-0.1, -0.05) is 97.2 Å². The normalized spacial score (nSPS) is 18.0. The molecule has 386 valence electrons. The summed E-state index contributed by atoms with van der Waals surface area (Å²) in [6.07, 6.45) is 8.46. The van der Waals surface area contributed by atoms with Gasteiger partial charge in [0, 0.05) is 65.0 Å². The number of pyridine rings is 1. The molecule has 16 nitrogen and oxygen atoms in total. The molecule has 2 aromatic carbocycles. The van der Waals surface area contributed by atoms with E-state index in [2.05, 4.69) is 110 Å². The second-order valence-corrected chi connectivity index (χ2v) is 20.6. The van der Waals surface area contributed by atoms with Crippen molar-refractivity contribution in [1.29, 1.82) is 0 Å². The summed E-state index contributed by atoms with van der Waals surface area (Å²) in [6.45, 7) is 21.0. The van der Waals surface area contributed by atoms with Gasteiger partial charge in [0.25, 0.3) is 5.91 Å². The number of nitrogens with zero attached hydrogens (tertiary/aromatic N) is 4. The van der Waals surface area contributed by atoms with Crippen molar-refractivity contribution in [3.05, 3.63) is 107 Å². The van der Waals surface area contributed by atoms with Crippen LogP contribution in [-0.2, 0) is 73.2 Å². The van der Waals surface area contributed by atoms with Crippen molar-refractivity contribution < 1.29 is 56.9 Å². The molecule has 1 aliphatic heterocycles. The largest absolute Gasteiger partial charge is 0.463 e. The number of hydrogen-bond acceptors (Lipinski definition) is 12. The first kappa shape index (κ1) is 55.8. The van der Waals surface area contributed by atoms with Gasteiger partial charge in [0.2, 0.25) is 6.10 Å². The van der Waals surface area contributed by atoms with E-state index < -0.39 is 54.5 Å². The lowest BCUT2D eigenvalue weighted by Crippen LogP contribution is -2.65. The van der Waals surface area contributed by atoms with E-state index in [9.17, 15) is 24.0 Å². The Balaban J connectivity index is 1.08. The van der Waals surface area contributed by atoms with Crippen molar-refractivity contribution in [1.82, 2.24) is 15.2 Å². The highest BCUT2D eigenvalue weighted by Crippen LogP contribution is 2.34. The number of carbonyl (C=O) groups is 5. The molecule has 2 aromatic heterocycles. The summed E-state index contributed by atoms with van der Waals surface area (Å²) in [5.74, 6) is -3.02. The number of rotatable bonds is 24. The number of carbonyl (C=O) groups excluding carboxylic acids is 5. The van der Waals surface area contributed by atoms with Gasteiger partial charge in [0.05, 0.1) is 10.8 Å². The van der Waals surface area contributed by atoms with Crippen LogP contribution in [0.2, 0.25) is 0 Å². The first-order valence-electron chi connectivity index (χ1n) is 25.2. The minimum absolute atomic E-state index is 0.0907. The first-order valence-corrected chi connectivity index (χ1v) is 25.2. The van der Waals surface area contributed by atoms with Crippen LogP contribution in [0.25, 0.3) is 0 Å². The van der Waals surface area contributed by atoms with Gasteiger partial charge in [-0.3, -0.25) is 24.0 Å². The van der Waals surface area contributed by atoms with Crippen LogP contribution < -0.4 is 19.9 Å². The molecule has 1 amide bonds. The van der Waals surface area contributed by atoms with Crippen LogP contribution in [0.5, 0.6) is 0 Å². The molecule has 0 bridgehead atoms. The van der Waals surface area contributed by atoms with Crippen LogP contribution >= 0.6 is 0 Å². The summed E-state index contributed by atoms with van der Waals surface area (Å²) in [5, 5.41) is 11.7. The van der Waals surface area contributed by atoms with Crippen molar-refractivity contribution in [2.75, 3.05) is 25.0 Å². The Hall–Kier alpha value is -6.16. The molecular formula is C55H78N6O10+2. The fourth-order valence-corrected chi connectivity index (χ4v) is 8.53. The fourth-order valence-electron chi connectivity index (χ4n) is 8.53. The maximum absolute atomic E-state index is 13.2. The predicted molar refractivity (Wildman–Crippen MR) is 267 cm³/mol. The quantitative estimate of drug-likeness (QED) is 0.0305. The Labute approximate surface area is 420 Å². The molecule has 0 saturated carbocycles. The highest BCUT2D eigenvalue weighted by atomic mass is 16.7. The molecule has 5 rings (SSSR count). The standard InChI is InChI=1S/C55H77N6O10/c1-38(62)67-37-48-49(68-39(2)63)50(69-40(3)64)51(70-41(4)65)53(71-48)59-30-25-43(26-31-59)52(66)57-28-20-13-14-21-29-60-36-47(61(58-60)35-42-22-16-15-17-23-42)24-18-11-12-19-27-56-46-33-44(54(5,6)7)32-45(34-46)55(8,9)10/h15-17,22-23,25-26,30-34,36,48-51,53,56H,11-14,18-21,24,27-29,35,37H2,1-10H3/q+1/p+1/t48-,49-,50+,51+,53+/m1/s1. The number of aryl methyl sites for hydroxylation is 2. The average molecular weight is 983 g/mol. The van der Waals surface area contributed by atoms with Crippen LogP contribution in [0.15, 0.2) is 79.3 Å². The molecule has 71 heavy (non-hydrogen) atoms. The second kappa shape index (κ2) is 26.3. The SMILES string of the molecule is CC(=O)OC[C@H]1O[C@H]([n+]2ccc(C(=O)NCCCCCC[n+]3cc(CCCCCCNc4cc(C(C)(C)C)cc(C(C)(C)C)c4)n(Cc4ccccc4)n3)cc2)[C@@H](OC(C)=O)[C@@H](OC(C)=O)[C@@H]1OC(C)=O. The summed E-state index contributed by atoms with van der Waals surface area (Å²) in [5.41, 5.74) is 6.97. The van der Waals surface area contributed by atoms with E-state index in [1.165, 1.54) is 53.4 Å². The summed E-state index contributed by atoms with van der Waals surface area (Å²) in [6, 6.07) is 20.6. The zero-order valence-corrected chi connectivity index (χ0v) is 43.7. The van der Waals surface area contributed by atoms with Gasteiger partial charge in [-0.05, 0) is 71.8 Å². The minimum atomic E-state index is -1.31. The third kappa shape index (κ3) is 17.9. The zero-order chi connectivity index (χ0) is 51.7. The number of ether oxygens (including phenoxy) is 5. The van der Waals surface area contributed by atoms with Crippen molar-refractivity contribution >= 4 is 35.5 Å². The smallest absolute Gasteiger partial charge is 0.304 e. The Bertz CT molecular complexity index is 2340. The van der Waals surface area contributed by atoms with Crippen LogP contribution in [0.4, 0.5) is 5.69 Å². The van der Waals surface area contributed by atoms with E-state index in [1.54, 1.807) is 24.5 Å². The van der Waals surface area contributed by atoms with Crippen LogP contribution in [-0.4, -0.2) is 83.8 Å². The molecule has 5 atom stereocenters. The molecule has 0 aliphatic carbocycles. The highest BCUT2D eigenvalue weighted by Gasteiger charge is 2.56. The number of amides is 1. The number of benzene rings is 2. The van der Waals surface area contributed by atoms with Crippen LogP contribution in [0.1, 0.15) is 160 Å². The third-order valence-electron chi connectivity index (χ3n) is 12.4. The first-order chi connectivity index (χ1) is 33.7. The maximum Gasteiger partial charge on any atom is 0.304 e. The van der Waals surface area contributed by atoms with E-state index in [1.807, 2.05) is 6.07 Å². The lowest BCUT2D eigenvalue weighted by Gasteiger charge is -2.41. The molecule has 3 heterocycles. The monoisotopic (exact) mass is 983 g/mol. The third-order valence-corrected chi connectivity index (χ3v) is 12.4. The van der Waals surface area contributed by atoms with Gasteiger partial charge >= 0.3 is 30.1 Å². The lowest BCUT2D eigenvalue weighted by molar-refractivity contribution is -0.777. The summed E-state index contributed by atoms with van der Waals surface area (Å²) in [4.78, 5) is 61.5. The number of nitrogens with one attached hydrogen (secondary N) is 2. The van der Waals surface area contributed by atoms with Gasteiger partial charge in [-0.25, -0.2) is 0 Å². The minimum Gasteiger partial charge on any atom is -0.463 e. The van der Waals surface area contributed by atoms with Gasteiger partial charge in [0.1, 0.15) is 25.8 Å². The van der Waals surface area contributed by atoms with Crippen molar-refractivity contribution in [2.45, 2.75) is 182 Å². The Morgan fingerprint density at radius 3 is 1.86 bits per heavy atom. The average Bonchev–Trinajstić information content (AvgIpc) is 3.68. The fraction of sp³-hybridized carbons (Fsp3) is 0.564. The van der Waals surface area contributed by atoms with Gasteiger partial charge in [0.15, 0.2) is 36.5 Å². The van der Waals surface area contributed by atoms with Crippen molar-refractivity contribution in [3.8, 4) is 0 Å². The molecule has 0 radical (unpaired) electrons. The summed E-state index contributed by atoms with van der Waals surface area (Å²) < 4.78 is 33.8. The van der Waals surface area contributed by atoms with E-state index >= 15 is 0 Å². The van der Waals surface area contributed by atoms with Crippen LogP contribution in [0, 0.1) is 0 Å². The topological polar surface area (TPSA) is 181 Å². The highest BCUT2D eigenvalue weighted by molar-refractivity contribution is 5.93. The maximum atomic E-state index is 13.2. The number of anilines is 1. The van der Waals surface area contributed by atoms with Crippen LogP contribution in [0.3, 0.4) is 0 Å². The molecule has 16 heteroatoms. The number of aromatic nitrogens is 4. The summed E-state index contributed by atoms with van der Waals surface area (Å²) in [7, 11) is 0. The molecule has 0 spiro atoms. The van der Waals surface area contributed by atoms with E-state index in [4.69, 9.17) is 28.9 Å². The number of esters is 4. The van der Waals surface area contributed by atoms with Crippen molar-refractivity contribution in [3.63, 3.8) is 0 Å². The molecular weight excluding hydrogens is 905 g/mol. The zero-order valence-electron chi connectivity index (χ0n) is 43.7. The van der Waals surface area contributed by atoms with Crippen molar-refractivity contribution in [2.24, 2.45) is 0 Å². The number of unbranched alkanes of at least 4 members (excludes halogenated alkanes) is 6. The second-order valence-electron chi connectivity index (χ2n) is 20.6. The Kier molecular flexibility index (Phi) is 20.7. The van der Waals surface area contributed by atoms with Gasteiger partial charge < -0.3 is 34.3 Å². The molecule has 0 unspecified atom stereocenters. The van der Waals surface area contributed by atoms with E-state index in [0.717, 1.165) is 84.3 Å². The Morgan fingerprint density at radius 1 is 0.676 bits per heavy atom. The number of hydrogen-bond donors (Lipinski definition) is 2. The summed E-state index contributed by atoms with van der Waals surface area (Å²) >= 11 is 0. The van der Waals surface area contributed by atoms with Gasteiger partial charge in [-0.15, -0.1) is 9.36 Å². The van der Waals surface area contributed by atoms with E-state index in [-0.39, 0.29) is 23.3 Å². The lowest BCUT2D eigenvalue weighted by atomic mass is 9.80.